The van der Waals surface area contributed by atoms with E-state index in [4.69, 9.17) is 5.73 Å². The van der Waals surface area contributed by atoms with Crippen molar-refractivity contribution in [1.29, 1.82) is 0 Å². The summed E-state index contributed by atoms with van der Waals surface area (Å²) in [4.78, 5) is 0. The molecule has 0 aliphatic carbocycles. The Bertz CT molecular complexity index is 76.2. The van der Waals surface area contributed by atoms with Crippen LogP contribution in [0.15, 0.2) is 0 Å². The van der Waals surface area contributed by atoms with E-state index < -0.39 is 8.07 Å². The fourth-order valence-corrected chi connectivity index (χ4v) is 2.90. The van der Waals surface area contributed by atoms with E-state index in [-0.39, 0.29) is 18.9 Å². The van der Waals surface area contributed by atoms with Gasteiger partial charge in [0.2, 0.25) is 0 Å². The topological polar surface area (TPSA) is 23.8 Å². The molecule has 0 aliphatic heterocycles. The Morgan fingerprint density at radius 1 is 1.30 bits per heavy atom. The molecule has 0 aromatic heterocycles. The van der Waals surface area contributed by atoms with Gasteiger partial charge in [-0.15, -0.1) is 0 Å². The van der Waals surface area contributed by atoms with Crippen molar-refractivity contribution in [3.05, 3.63) is 5.73 Å². The first-order chi connectivity index (χ1) is 4.02. The van der Waals surface area contributed by atoms with E-state index in [9.17, 15) is 0 Å². The van der Waals surface area contributed by atoms with Crippen LogP contribution in [0.4, 0.5) is 0 Å². The Hall–Kier alpha value is 0.774. The molecule has 0 fully saturated rings. The summed E-state index contributed by atoms with van der Waals surface area (Å²) < 4.78 is 0. The SMILES string of the molecule is CCC(C[NH-])[Si](C)(C)C.[Li+]. The van der Waals surface area contributed by atoms with Gasteiger partial charge in [-0.05, 0) is 0 Å². The minimum atomic E-state index is -0.974. The summed E-state index contributed by atoms with van der Waals surface area (Å²) in [6.45, 7) is 9.85. The molecule has 1 unspecified atom stereocenters. The average molecular weight is 151 g/mol. The van der Waals surface area contributed by atoms with Crippen molar-refractivity contribution in [2.24, 2.45) is 0 Å². The third kappa shape index (κ3) is 4.57. The van der Waals surface area contributed by atoms with Crippen LogP contribution in [0.2, 0.25) is 25.2 Å². The molecular formula is C7H18LiNSi. The minimum absolute atomic E-state index is 0. The summed E-state index contributed by atoms with van der Waals surface area (Å²) in [5, 5.41) is 0. The van der Waals surface area contributed by atoms with E-state index in [1.807, 2.05) is 0 Å². The largest absolute Gasteiger partial charge is 1.00 e. The molecule has 0 spiro atoms. The van der Waals surface area contributed by atoms with Crippen LogP contribution in [0.5, 0.6) is 0 Å². The number of hydrogen-bond acceptors (Lipinski definition) is 0. The van der Waals surface area contributed by atoms with Gasteiger partial charge in [-0.2, -0.15) is 6.54 Å². The van der Waals surface area contributed by atoms with Crippen LogP contribution in [-0.2, 0) is 0 Å². The van der Waals surface area contributed by atoms with E-state index >= 15 is 0 Å². The first-order valence-corrected chi connectivity index (χ1v) is 7.24. The van der Waals surface area contributed by atoms with Crippen LogP contribution in [0.3, 0.4) is 0 Å². The fraction of sp³-hybridized carbons (Fsp3) is 1.00. The smallest absolute Gasteiger partial charge is 0.677 e. The summed E-state index contributed by atoms with van der Waals surface area (Å²) in [6, 6.07) is 0. The van der Waals surface area contributed by atoms with Gasteiger partial charge in [0.25, 0.3) is 0 Å². The molecule has 1 atom stereocenters. The zero-order chi connectivity index (χ0) is 7.49. The van der Waals surface area contributed by atoms with Crippen LogP contribution < -0.4 is 18.9 Å². The zero-order valence-corrected chi connectivity index (χ0v) is 8.99. The Balaban J connectivity index is 0. The Morgan fingerprint density at radius 3 is 1.70 bits per heavy atom. The van der Waals surface area contributed by atoms with Crippen LogP contribution in [0, 0.1) is 0 Å². The monoisotopic (exact) mass is 151 g/mol. The van der Waals surface area contributed by atoms with E-state index in [1.54, 1.807) is 0 Å². The molecule has 1 N–H and O–H groups in total. The van der Waals surface area contributed by atoms with Crippen LogP contribution in [0.25, 0.3) is 5.73 Å². The Labute approximate surface area is 77.9 Å². The molecule has 0 saturated heterocycles. The normalized spacial score (nSPS) is 14.1. The molecule has 0 aliphatic rings. The first-order valence-electron chi connectivity index (χ1n) is 3.67. The van der Waals surface area contributed by atoms with Crippen molar-refractivity contribution >= 4 is 8.07 Å². The molecule has 56 valence electrons. The van der Waals surface area contributed by atoms with Crippen molar-refractivity contribution < 1.29 is 18.9 Å². The van der Waals surface area contributed by atoms with Gasteiger partial charge in [-0.3, -0.25) is 0 Å². The van der Waals surface area contributed by atoms with Crippen molar-refractivity contribution in [2.75, 3.05) is 6.54 Å². The molecule has 0 radical (unpaired) electrons. The zero-order valence-electron chi connectivity index (χ0n) is 7.99. The third-order valence-corrected chi connectivity index (χ3v) is 5.03. The standard InChI is InChI=1S/C7H18NSi.Li/c1-5-7(6-8)9(2,3)4;/h7-8H,5-6H2,1-4H3;/q-1;+1. The predicted octanol–water partition coefficient (Wildman–Crippen LogP) is 0.161. The molecule has 10 heavy (non-hydrogen) atoms. The summed E-state index contributed by atoms with van der Waals surface area (Å²) in [5.74, 6) is 0. The van der Waals surface area contributed by atoms with Crippen molar-refractivity contribution in [1.82, 2.24) is 0 Å². The molecule has 0 aromatic carbocycles. The van der Waals surface area contributed by atoms with Gasteiger partial charge >= 0.3 is 18.9 Å². The van der Waals surface area contributed by atoms with Crippen LogP contribution >= 0.6 is 0 Å². The summed E-state index contributed by atoms with van der Waals surface area (Å²) >= 11 is 0. The molecule has 0 rings (SSSR count). The van der Waals surface area contributed by atoms with Crippen molar-refractivity contribution in [3.8, 4) is 0 Å². The second kappa shape index (κ2) is 5.43. The van der Waals surface area contributed by atoms with Crippen LogP contribution in [0.1, 0.15) is 13.3 Å². The molecule has 3 heteroatoms. The van der Waals surface area contributed by atoms with Crippen LogP contribution in [-0.4, -0.2) is 14.6 Å². The molecule has 0 bridgehead atoms. The third-order valence-electron chi connectivity index (χ3n) is 1.96. The minimum Gasteiger partial charge on any atom is -0.677 e. The Morgan fingerprint density at radius 2 is 1.70 bits per heavy atom. The fourth-order valence-electron chi connectivity index (χ4n) is 1.06. The maximum absolute atomic E-state index is 7.25. The van der Waals surface area contributed by atoms with E-state index in [2.05, 4.69) is 26.6 Å². The predicted molar refractivity (Wildman–Crippen MR) is 46.6 cm³/mol. The van der Waals surface area contributed by atoms with Gasteiger partial charge in [-0.25, -0.2) is 0 Å². The second-order valence-electron chi connectivity index (χ2n) is 3.68. The number of rotatable bonds is 3. The van der Waals surface area contributed by atoms with Gasteiger partial charge < -0.3 is 5.73 Å². The average Bonchev–Trinajstić information content (AvgIpc) is 1.65. The van der Waals surface area contributed by atoms with E-state index in [0.29, 0.717) is 12.1 Å². The number of nitrogens with one attached hydrogen (secondary N) is 1. The maximum atomic E-state index is 7.25. The van der Waals surface area contributed by atoms with Gasteiger partial charge in [0.1, 0.15) is 0 Å². The molecule has 0 aromatic rings. The van der Waals surface area contributed by atoms with Gasteiger partial charge in [0, 0.05) is 8.07 Å². The van der Waals surface area contributed by atoms with Crippen molar-refractivity contribution in [3.63, 3.8) is 0 Å². The van der Waals surface area contributed by atoms with Gasteiger partial charge in [0.05, 0.1) is 0 Å². The number of hydrogen-bond donors (Lipinski definition) is 0. The second-order valence-corrected chi connectivity index (χ2v) is 9.22. The van der Waals surface area contributed by atoms with Gasteiger partial charge in [-0.1, -0.05) is 38.5 Å². The quantitative estimate of drug-likeness (QED) is 0.513. The van der Waals surface area contributed by atoms with E-state index in [1.165, 1.54) is 6.42 Å². The summed E-state index contributed by atoms with van der Waals surface area (Å²) in [7, 11) is -0.974. The van der Waals surface area contributed by atoms with E-state index in [0.717, 1.165) is 0 Å². The van der Waals surface area contributed by atoms with Crippen molar-refractivity contribution in [2.45, 2.75) is 38.5 Å². The molecule has 0 saturated carbocycles. The van der Waals surface area contributed by atoms with Gasteiger partial charge in [0.15, 0.2) is 0 Å². The molecular weight excluding hydrogens is 133 g/mol. The maximum Gasteiger partial charge on any atom is 1.00 e. The Kier molecular flexibility index (Phi) is 7.26. The molecule has 1 nitrogen and oxygen atoms in total. The summed E-state index contributed by atoms with van der Waals surface area (Å²) in [6.07, 6.45) is 1.19. The summed E-state index contributed by atoms with van der Waals surface area (Å²) in [5.41, 5.74) is 7.96. The first kappa shape index (κ1) is 13.4. The molecule has 0 amide bonds. The molecule has 0 heterocycles.